The Kier molecular flexibility index (Phi) is 4.80. The Balaban J connectivity index is 2.84. The Hall–Kier alpha value is -1.02. The SMILES string of the molecule is CNC(C)C(C)(C)CN(C)c1cc(C)cc(C)c1. The molecule has 0 aliphatic heterocycles. The van der Waals surface area contributed by atoms with Crippen LogP contribution in [0.4, 0.5) is 5.69 Å². The number of nitrogens with zero attached hydrogens (tertiary/aromatic N) is 1. The normalized spacial score (nSPS) is 13.5. The maximum Gasteiger partial charge on any atom is 0.0369 e. The van der Waals surface area contributed by atoms with Gasteiger partial charge in [-0.15, -0.1) is 0 Å². The van der Waals surface area contributed by atoms with Gasteiger partial charge in [0.1, 0.15) is 0 Å². The van der Waals surface area contributed by atoms with Crippen molar-refractivity contribution in [1.29, 1.82) is 0 Å². The lowest BCUT2D eigenvalue weighted by atomic mass is 9.85. The summed E-state index contributed by atoms with van der Waals surface area (Å²) in [5.41, 5.74) is 4.21. The number of benzene rings is 1. The van der Waals surface area contributed by atoms with Crippen molar-refractivity contribution in [2.45, 2.75) is 40.7 Å². The largest absolute Gasteiger partial charge is 0.374 e. The molecule has 0 aromatic heterocycles. The molecule has 0 aliphatic carbocycles. The molecule has 0 spiro atoms. The lowest BCUT2D eigenvalue weighted by Crippen LogP contribution is -2.44. The standard InChI is InChI=1S/C16H28N2/c1-12-8-13(2)10-15(9-12)18(7)11-16(4,5)14(3)17-6/h8-10,14,17H,11H2,1-7H3. The molecular weight excluding hydrogens is 220 g/mol. The maximum atomic E-state index is 3.36. The van der Waals surface area contributed by atoms with Crippen LogP contribution in [-0.2, 0) is 0 Å². The molecule has 0 saturated heterocycles. The Bertz CT molecular complexity index is 376. The van der Waals surface area contributed by atoms with Crippen molar-refractivity contribution in [2.24, 2.45) is 5.41 Å². The highest BCUT2D eigenvalue weighted by Crippen LogP contribution is 2.25. The molecule has 0 fully saturated rings. The van der Waals surface area contributed by atoms with Crippen LogP contribution in [-0.4, -0.2) is 26.7 Å². The second-order valence-electron chi connectivity index (χ2n) is 6.20. The zero-order valence-electron chi connectivity index (χ0n) is 13.0. The Labute approximate surface area is 112 Å². The van der Waals surface area contributed by atoms with Crippen molar-refractivity contribution >= 4 is 5.69 Å². The van der Waals surface area contributed by atoms with Gasteiger partial charge in [-0.3, -0.25) is 0 Å². The second kappa shape index (κ2) is 5.75. The fourth-order valence-electron chi connectivity index (χ4n) is 2.40. The molecule has 0 amide bonds. The lowest BCUT2D eigenvalue weighted by Gasteiger charge is -2.36. The number of nitrogens with one attached hydrogen (secondary N) is 1. The Morgan fingerprint density at radius 1 is 1.17 bits per heavy atom. The van der Waals surface area contributed by atoms with E-state index < -0.39 is 0 Å². The summed E-state index contributed by atoms with van der Waals surface area (Å²) in [5.74, 6) is 0. The molecule has 2 heteroatoms. The fourth-order valence-corrected chi connectivity index (χ4v) is 2.40. The summed E-state index contributed by atoms with van der Waals surface area (Å²) in [6.45, 7) is 12.2. The quantitative estimate of drug-likeness (QED) is 0.859. The highest BCUT2D eigenvalue weighted by Gasteiger charge is 2.26. The van der Waals surface area contributed by atoms with Crippen molar-refractivity contribution in [3.63, 3.8) is 0 Å². The minimum absolute atomic E-state index is 0.237. The molecule has 18 heavy (non-hydrogen) atoms. The summed E-state index contributed by atoms with van der Waals surface area (Å²) >= 11 is 0. The number of hydrogen-bond acceptors (Lipinski definition) is 2. The van der Waals surface area contributed by atoms with Gasteiger partial charge in [0.15, 0.2) is 0 Å². The van der Waals surface area contributed by atoms with Gasteiger partial charge in [-0.05, 0) is 56.5 Å². The van der Waals surface area contributed by atoms with Gasteiger partial charge in [0.05, 0.1) is 0 Å². The molecule has 0 bridgehead atoms. The van der Waals surface area contributed by atoms with E-state index in [0.29, 0.717) is 6.04 Å². The van der Waals surface area contributed by atoms with Crippen molar-refractivity contribution in [3.8, 4) is 0 Å². The van der Waals surface area contributed by atoms with E-state index in [4.69, 9.17) is 0 Å². The molecule has 1 aromatic carbocycles. The van der Waals surface area contributed by atoms with E-state index in [1.165, 1.54) is 16.8 Å². The van der Waals surface area contributed by atoms with E-state index in [0.717, 1.165) is 6.54 Å². The third kappa shape index (κ3) is 3.74. The summed E-state index contributed by atoms with van der Waals surface area (Å²) in [7, 11) is 4.21. The van der Waals surface area contributed by atoms with Gasteiger partial charge in [0.25, 0.3) is 0 Å². The molecule has 102 valence electrons. The van der Waals surface area contributed by atoms with Crippen LogP contribution in [0.2, 0.25) is 0 Å². The smallest absolute Gasteiger partial charge is 0.0369 e. The molecule has 1 rings (SSSR count). The molecule has 0 aliphatic rings. The minimum Gasteiger partial charge on any atom is -0.374 e. The second-order valence-corrected chi connectivity index (χ2v) is 6.20. The average Bonchev–Trinajstić information content (AvgIpc) is 2.25. The fraction of sp³-hybridized carbons (Fsp3) is 0.625. The zero-order chi connectivity index (χ0) is 13.9. The van der Waals surface area contributed by atoms with Crippen LogP contribution in [0.25, 0.3) is 0 Å². The first-order valence-corrected chi connectivity index (χ1v) is 6.73. The molecule has 0 radical (unpaired) electrons. The molecule has 1 unspecified atom stereocenters. The maximum absolute atomic E-state index is 3.36. The Morgan fingerprint density at radius 2 is 1.67 bits per heavy atom. The van der Waals surface area contributed by atoms with Crippen LogP contribution in [0, 0.1) is 19.3 Å². The first kappa shape index (κ1) is 15.0. The van der Waals surface area contributed by atoms with Crippen molar-refractivity contribution < 1.29 is 0 Å². The van der Waals surface area contributed by atoms with E-state index in [-0.39, 0.29) is 5.41 Å². The average molecular weight is 248 g/mol. The highest BCUT2D eigenvalue weighted by molar-refractivity contribution is 5.50. The number of anilines is 1. The van der Waals surface area contributed by atoms with Crippen LogP contribution in [0.1, 0.15) is 31.9 Å². The van der Waals surface area contributed by atoms with E-state index >= 15 is 0 Å². The van der Waals surface area contributed by atoms with Crippen LogP contribution in [0.15, 0.2) is 18.2 Å². The van der Waals surface area contributed by atoms with Gasteiger partial charge in [0.2, 0.25) is 0 Å². The summed E-state index contributed by atoms with van der Waals surface area (Å²) < 4.78 is 0. The molecule has 1 N–H and O–H groups in total. The predicted molar refractivity (Wildman–Crippen MR) is 81.5 cm³/mol. The summed E-state index contributed by atoms with van der Waals surface area (Å²) in [5, 5.41) is 3.36. The van der Waals surface area contributed by atoms with E-state index in [9.17, 15) is 0 Å². The number of aryl methyl sites for hydroxylation is 2. The Morgan fingerprint density at radius 3 is 2.11 bits per heavy atom. The van der Waals surface area contributed by atoms with Crippen molar-refractivity contribution in [1.82, 2.24) is 5.32 Å². The van der Waals surface area contributed by atoms with E-state index in [2.05, 4.69) is 70.1 Å². The van der Waals surface area contributed by atoms with Crippen LogP contribution < -0.4 is 10.2 Å². The van der Waals surface area contributed by atoms with Gasteiger partial charge in [-0.1, -0.05) is 19.9 Å². The third-order valence-corrected chi connectivity index (χ3v) is 3.90. The lowest BCUT2D eigenvalue weighted by molar-refractivity contribution is 0.275. The van der Waals surface area contributed by atoms with Gasteiger partial charge in [-0.25, -0.2) is 0 Å². The first-order chi connectivity index (χ1) is 8.26. The first-order valence-electron chi connectivity index (χ1n) is 6.73. The number of hydrogen-bond donors (Lipinski definition) is 1. The molecule has 2 nitrogen and oxygen atoms in total. The molecule has 1 aromatic rings. The van der Waals surface area contributed by atoms with Crippen LogP contribution in [0.5, 0.6) is 0 Å². The van der Waals surface area contributed by atoms with Gasteiger partial charge >= 0.3 is 0 Å². The summed E-state index contributed by atoms with van der Waals surface area (Å²) in [6.07, 6.45) is 0. The molecule has 1 atom stereocenters. The molecular formula is C16H28N2. The third-order valence-electron chi connectivity index (χ3n) is 3.90. The van der Waals surface area contributed by atoms with Gasteiger partial charge in [0, 0.05) is 25.3 Å². The van der Waals surface area contributed by atoms with Crippen LogP contribution in [0.3, 0.4) is 0 Å². The number of rotatable bonds is 5. The van der Waals surface area contributed by atoms with Gasteiger partial charge in [-0.2, -0.15) is 0 Å². The summed E-state index contributed by atoms with van der Waals surface area (Å²) in [4.78, 5) is 2.36. The van der Waals surface area contributed by atoms with Crippen molar-refractivity contribution in [2.75, 3.05) is 25.5 Å². The zero-order valence-corrected chi connectivity index (χ0v) is 13.0. The minimum atomic E-state index is 0.237. The highest BCUT2D eigenvalue weighted by atomic mass is 15.1. The predicted octanol–water partition coefficient (Wildman–Crippen LogP) is 3.37. The van der Waals surface area contributed by atoms with Gasteiger partial charge < -0.3 is 10.2 Å². The monoisotopic (exact) mass is 248 g/mol. The van der Waals surface area contributed by atoms with Crippen LogP contribution >= 0.6 is 0 Å². The molecule has 0 heterocycles. The van der Waals surface area contributed by atoms with E-state index in [1.54, 1.807) is 0 Å². The summed E-state index contributed by atoms with van der Waals surface area (Å²) in [6, 6.07) is 7.23. The van der Waals surface area contributed by atoms with Crippen molar-refractivity contribution in [3.05, 3.63) is 29.3 Å². The molecule has 0 saturated carbocycles. The van der Waals surface area contributed by atoms with E-state index in [1.807, 2.05) is 7.05 Å². The topological polar surface area (TPSA) is 15.3 Å².